The molecule has 1 aliphatic rings. The van der Waals surface area contributed by atoms with E-state index in [1.807, 2.05) is 24.3 Å². The van der Waals surface area contributed by atoms with Crippen molar-refractivity contribution < 1.29 is 9.84 Å². The number of ether oxygens (including phenoxy) is 1. The molecule has 3 rings (SSSR count). The molecule has 6 heteroatoms. The van der Waals surface area contributed by atoms with Gasteiger partial charge in [0.1, 0.15) is 11.5 Å². The van der Waals surface area contributed by atoms with Gasteiger partial charge in [-0.2, -0.15) is 0 Å². The van der Waals surface area contributed by atoms with Crippen LogP contribution in [0.3, 0.4) is 0 Å². The number of benzene rings is 2. The minimum Gasteiger partial charge on any atom is -0.505 e. The van der Waals surface area contributed by atoms with Crippen LogP contribution in [0.2, 0.25) is 0 Å². The molecular formula is C21H30N4O2. The molecule has 1 aliphatic heterocycles. The Morgan fingerprint density at radius 1 is 1.04 bits per heavy atom. The van der Waals surface area contributed by atoms with E-state index >= 15 is 0 Å². The molecule has 2 aromatic carbocycles. The number of phenols is 1. The van der Waals surface area contributed by atoms with Gasteiger partial charge in [0, 0.05) is 49.2 Å². The number of piperazine rings is 1. The zero-order valence-electron chi connectivity index (χ0n) is 16.6. The van der Waals surface area contributed by atoms with E-state index in [1.54, 1.807) is 7.11 Å². The van der Waals surface area contributed by atoms with Gasteiger partial charge in [0.2, 0.25) is 0 Å². The lowest BCUT2D eigenvalue weighted by molar-refractivity contribution is 0.305. The molecule has 1 heterocycles. The number of aromatic hydroxyl groups is 1. The average Bonchev–Trinajstić information content (AvgIpc) is 2.64. The number of rotatable bonds is 4. The predicted octanol–water partition coefficient (Wildman–Crippen LogP) is 3.43. The number of phenolic OH excluding ortho intramolecular Hbond substituents is 1. The van der Waals surface area contributed by atoms with Crippen LogP contribution < -0.4 is 20.8 Å². The number of hydrazine groups is 1. The number of nitrogens with zero attached hydrogens (tertiary/aromatic N) is 2. The lowest BCUT2D eigenvalue weighted by Gasteiger charge is -2.37. The smallest absolute Gasteiger partial charge is 0.144 e. The Morgan fingerprint density at radius 2 is 1.67 bits per heavy atom. The van der Waals surface area contributed by atoms with Gasteiger partial charge in [0.05, 0.1) is 12.8 Å². The summed E-state index contributed by atoms with van der Waals surface area (Å²) in [4.78, 5) is 2.34. The Hall–Kier alpha value is -2.60. The molecule has 1 saturated heterocycles. The van der Waals surface area contributed by atoms with Gasteiger partial charge in [0.25, 0.3) is 0 Å². The molecule has 0 atom stereocenters. The van der Waals surface area contributed by atoms with E-state index < -0.39 is 0 Å². The van der Waals surface area contributed by atoms with E-state index in [2.05, 4.69) is 48.2 Å². The van der Waals surface area contributed by atoms with Crippen molar-refractivity contribution in [2.75, 3.05) is 49.3 Å². The van der Waals surface area contributed by atoms with Crippen LogP contribution >= 0.6 is 0 Å². The van der Waals surface area contributed by atoms with Crippen molar-refractivity contribution in [3.63, 3.8) is 0 Å². The van der Waals surface area contributed by atoms with Crippen LogP contribution in [0, 0.1) is 0 Å². The van der Waals surface area contributed by atoms with Crippen molar-refractivity contribution in [3.05, 3.63) is 42.0 Å². The summed E-state index contributed by atoms with van der Waals surface area (Å²) < 4.78 is 5.43. The Labute approximate surface area is 161 Å². The van der Waals surface area contributed by atoms with Gasteiger partial charge in [-0.25, -0.2) is 5.01 Å². The molecule has 0 amide bonds. The normalized spacial score (nSPS) is 15.6. The number of methoxy groups -OCH3 is 1. The Morgan fingerprint density at radius 3 is 2.22 bits per heavy atom. The highest BCUT2D eigenvalue weighted by Gasteiger charge is 2.24. The first-order chi connectivity index (χ1) is 12.8. The number of nitrogens with one attached hydrogen (secondary N) is 1. The highest BCUT2D eigenvalue weighted by atomic mass is 16.5. The second kappa shape index (κ2) is 7.56. The summed E-state index contributed by atoms with van der Waals surface area (Å²) in [6.45, 7) is 9.71. The maximum atomic E-state index is 10.8. The predicted molar refractivity (Wildman–Crippen MR) is 112 cm³/mol. The largest absolute Gasteiger partial charge is 0.505 e. The standard InChI is InChI=1S/C21H30N4O2/c1-21(2,3)18-13-17(27-4)14-19(20(18)26)23-25-11-9-24(10-12-25)16-7-5-15(22)6-8-16/h5-8,13-14,23,26H,9-12,22H2,1-4H3. The minimum atomic E-state index is -0.178. The first-order valence-electron chi connectivity index (χ1n) is 9.31. The van der Waals surface area contributed by atoms with Crippen molar-refractivity contribution >= 4 is 17.1 Å². The highest BCUT2D eigenvalue weighted by molar-refractivity contribution is 5.64. The second-order valence-electron chi connectivity index (χ2n) is 8.00. The van der Waals surface area contributed by atoms with Crippen LogP contribution in [0.15, 0.2) is 36.4 Å². The van der Waals surface area contributed by atoms with E-state index in [-0.39, 0.29) is 11.2 Å². The summed E-state index contributed by atoms with van der Waals surface area (Å²) in [5.74, 6) is 1.02. The lowest BCUT2D eigenvalue weighted by Crippen LogP contribution is -2.48. The van der Waals surface area contributed by atoms with E-state index in [1.165, 1.54) is 5.69 Å². The molecule has 0 aromatic heterocycles. The molecule has 1 fully saturated rings. The second-order valence-corrected chi connectivity index (χ2v) is 8.00. The van der Waals surface area contributed by atoms with Crippen LogP contribution in [0.1, 0.15) is 26.3 Å². The molecule has 0 unspecified atom stereocenters. The molecule has 6 nitrogen and oxygen atoms in total. The fourth-order valence-electron chi connectivity index (χ4n) is 3.31. The third-order valence-corrected chi connectivity index (χ3v) is 4.94. The van der Waals surface area contributed by atoms with Gasteiger partial charge >= 0.3 is 0 Å². The van der Waals surface area contributed by atoms with Crippen molar-refractivity contribution in [3.8, 4) is 11.5 Å². The molecule has 0 saturated carbocycles. The number of hydrogen-bond acceptors (Lipinski definition) is 6. The average molecular weight is 370 g/mol. The molecule has 0 bridgehead atoms. The maximum absolute atomic E-state index is 10.8. The van der Waals surface area contributed by atoms with Crippen LogP contribution in [-0.2, 0) is 5.41 Å². The topological polar surface area (TPSA) is 74.0 Å². The zero-order valence-corrected chi connectivity index (χ0v) is 16.6. The summed E-state index contributed by atoms with van der Waals surface area (Å²) in [5, 5.41) is 12.9. The van der Waals surface area contributed by atoms with E-state index in [0.717, 1.165) is 43.2 Å². The number of anilines is 3. The quantitative estimate of drug-likeness (QED) is 0.566. The first-order valence-corrected chi connectivity index (χ1v) is 9.31. The van der Waals surface area contributed by atoms with E-state index in [4.69, 9.17) is 10.5 Å². The lowest BCUT2D eigenvalue weighted by atomic mass is 9.86. The summed E-state index contributed by atoms with van der Waals surface area (Å²) in [5.41, 5.74) is 12.5. The Kier molecular flexibility index (Phi) is 5.37. The van der Waals surface area contributed by atoms with Gasteiger partial charge < -0.3 is 25.9 Å². The molecule has 0 spiro atoms. The van der Waals surface area contributed by atoms with E-state index in [9.17, 15) is 5.11 Å². The number of nitrogens with two attached hydrogens (primary N) is 1. The third-order valence-electron chi connectivity index (χ3n) is 4.94. The third kappa shape index (κ3) is 4.39. The number of hydrogen-bond donors (Lipinski definition) is 3. The molecule has 2 aromatic rings. The summed E-state index contributed by atoms with van der Waals surface area (Å²) >= 11 is 0. The van der Waals surface area contributed by atoms with Crippen molar-refractivity contribution in [2.45, 2.75) is 26.2 Å². The summed E-state index contributed by atoms with van der Waals surface area (Å²) in [7, 11) is 1.65. The maximum Gasteiger partial charge on any atom is 0.144 e. The number of nitrogen functional groups attached to an aromatic ring is 1. The monoisotopic (exact) mass is 370 g/mol. The molecule has 27 heavy (non-hydrogen) atoms. The van der Waals surface area contributed by atoms with Crippen molar-refractivity contribution in [2.24, 2.45) is 0 Å². The van der Waals surface area contributed by atoms with Crippen LogP contribution in [0.25, 0.3) is 0 Å². The van der Waals surface area contributed by atoms with Crippen LogP contribution in [-0.4, -0.2) is 43.4 Å². The van der Waals surface area contributed by atoms with E-state index in [0.29, 0.717) is 5.69 Å². The summed E-state index contributed by atoms with van der Waals surface area (Å²) in [6.07, 6.45) is 0. The van der Waals surface area contributed by atoms with Gasteiger partial charge in [-0.3, -0.25) is 0 Å². The Bertz CT molecular complexity index is 776. The highest BCUT2D eigenvalue weighted by Crippen LogP contribution is 2.39. The first kappa shape index (κ1) is 19.2. The zero-order chi connectivity index (χ0) is 19.6. The van der Waals surface area contributed by atoms with Gasteiger partial charge in [-0.15, -0.1) is 0 Å². The van der Waals surface area contributed by atoms with Gasteiger partial charge in [0.15, 0.2) is 0 Å². The van der Waals surface area contributed by atoms with Crippen molar-refractivity contribution in [1.29, 1.82) is 0 Å². The molecular weight excluding hydrogens is 340 g/mol. The minimum absolute atomic E-state index is 0.178. The van der Waals surface area contributed by atoms with Crippen molar-refractivity contribution in [1.82, 2.24) is 5.01 Å². The van der Waals surface area contributed by atoms with Gasteiger partial charge in [-0.05, 0) is 35.7 Å². The Balaban J connectivity index is 1.71. The van der Waals surface area contributed by atoms with Gasteiger partial charge in [-0.1, -0.05) is 20.8 Å². The molecule has 146 valence electrons. The van der Waals surface area contributed by atoms with Crippen LogP contribution in [0.5, 0.6) is 11.5 Å². The summed E-state index contributed by atoms with van der Waals surface area (Å²) in [6, 6.07) is 11.7. The molecule has 4 N–H and O–H groups in total. The fourth-order valence-corrected chi connectivity index (χ4v) is 3.31. The molecule has 0 radical (unpaired) electrons. The fraction of sp³-hybridized carbons (Fsp3) is 0.429. The van der Waals surface area contributed by atoms with Crippen LogP contribution in [0.4, 0.5) is 17.1 Å². The molecule has 0 aliphatic carbocycles. The SMILES string of the molecule is COc1cc(NN2CCN(c3ccc(N)cc3)CC2)c(O)c(C(C)(C)C)c1.